The Bertz CT molecular complexity index is 2720. The second kappa shape index (κ2) is 12.2. The number of thiophene rings is 1. The Balaban J connectivity index is 1.07. The summed E-state index contributed by atoms with van der Waals surface area (Å²) in [5, 5.41) is 10.7. The van der Waals surface area contributed by atoms with E-state index < -0.39 is 0 Å². The van der Waals surface area contributed by atoms with Gasteiger partial charge in [-0.25, -0.2) is 4.98 Å². The van der Waals surface area contributed by atoms with E-state index in [0.29, 0.717) is 5.56 Å². The maximum absolute atomic E-state index is 9.50. The molecule has 0 N–H and O–H groups in total. The molecule has 3 heterocycles. The number of hydrogen-bond acceptors (Lipinski definition) is 3. The molecule has 0 unspecified atom stereocenters. The van der Waals surface area contributed by atoms with Gasteiger partial charge in [0.05, 0.1) is 11.6 Å². The van der Waals surface area contributed by atoms with Gasteiger partial charge in [0.2, 0.25) is 0 Å². The molecular formula is C47H33N3S. The zero-order valence-electron chi connectivity index (χ0n) is 28.3. The van der Waals surface area contributed by atoms with Gasteiger partial charge in [-0.15, -0.1) is 11.3 Å². The topological polar surface area (TPSA) is 41.1 Å². The molecule has 242 valence electrons. The van der Waals surface area contributed by atoms with Gasteiger partial charge in [0.25, 0.3) is 0 Å². The first-order chi connectivity index (χ1) is 25.0. The third-order valence-corrected chi connectivity index (χ3v) is 11.4. The molecule has 4 heteroatoms. The predicted molar refractivity (Wildman–Crippen MR) is 214 cm³/mol. The number of rotatable bonds is 6. The van der Waals surface area contributed by atoms with Gasteiger partial charge in [-0.3, -0.25) is 4.40 Å². The maximum atomic E-state index is 9.50. The fourth-order valence-electron chi connectivity index (χ4n) is 7.63. The van der Waals surface area contributed by atoms with Crippen LogP contribution in [0.25, 0.3) is 59.5 Å². The van der Waals surface area contributed by atoms with E-state index in [1.807, 2.05) is 12.1 Å². The Hall–Kier alpha value is -6.28. The summed E-state index contributed by atoms with van der Waals surface area (Å²) in [6, 6.07) is 49.2. The summed E-state index contributed by atoms with van der Waals surface area (Å²) in [6.45, 7) is 4.41. The lowest BCUT2D eigenvalue weighted by molar-refractivity contribution is 0.749. The molecule has 8 aromatic rings. The molecule has 0 spiro atoms. The van der Waals surface area contributed by atoms with Crippen LogP contribution in [0.5, 0.6) is 0 Å². The van der Waals surface area contributed by atoms with E-state index in [2.05, 4.69) is 176 Å². The smallest absolute Gasteiger partial charge is 0.138 e. The van der Waals surface area contributed by atoms with Crippen LogP contribution in [-0.2, 0) is 5.41 Å². The fourth-order valence-corrected chi connectivity index (χ4v) is 8.76. The molecule has 0 radical (unpaired) electrons. The van der Waals surface area contributed by atoms with Crippen molar-refractivity contribution < 1.29 is 0 Å². The van der Waals surface area contributed by atoms with E-state index >= 15 is 0 Å². The second-order valence-electron chi connectivity index (χ2n) is 13.2. The van der Waals surface area contributed by atoms with Crippen molar-refractivity contribution in [1.29, 1.82) is 5.26 Å². The largest absolute Gasteiger partial charge is 0.290 e. The Morgan fingerprint density at radius 2 is 1.31 bits per heavy atom. The van der Waals surface area contributed by atoms with Crippen molar-refractivity contribution in [2.75, 3.05) is 0 Å². The van der Waals surface area contributed by atoms with Gasteiger partial charge in [-0.1, -0.05) is 127 Å². The number of benzene rings is 5. The molecule has 0 aliphatic heterocycles. The van der Waals surface area contributed by atoms with E-state index in [4.69, 9.17) is 4.98 Å². The summed E-state index contributed by atoms with van der Waals surface area (Å²) in [5.74, 6) is 0. The minimum atomic E-state index is -0.323. The lowest BCUT2D eigenvalue weighted by atomic mass is 9.78. The first-order valence-electron chi connectivity index (χ1n) is 17.2. The van der Waals surface area contributed by atoms with Gasteiger partial charge in [-0.05, 0) is 99.8 Å². The average molecular weight is 672 g/mol. The van der Waals surface area contributed by atoms with E-state index in [-0.39, 0.29) is 5.41 Å². The number of nitrogens with zero attached hydrogens (tertiary/aromatic N) is 3. The molecule has 9 rings (SSSR count). The van der Waals surface area contributed by atoms with Gasteiger partial charge < -0.3 is 0 Å². The summed E-state index contributed by atoms with van der Waals surface area (Å²) in [7, 11) is 0. The van der Waals surface area contributed by atoms with E-state index in [1.54, 1.807) is 11.3 Å². The first kappa shape index (κ1) is 30.8. The zero-order valence-corrected chi connectivity index (χ0v) is 29.2. The van der Waals surface area contributed by atoms with Crippen molar-refractivity contribution in [1.82, 2.24) is 9.38 Å². The number of nitriles is 1. The molecular weight excluding hydrogens is 639 g/mol. The summed E-state index contributed by atoms with van der Waals surface area (Å²) in [5.41, 5.74) is 14.3. The Labute approximate surface area is 301 Å². The van der Waals surface area contributed by atoms with Crippen molar-refractivity contribution in [3.8, 4) is 28.3 Å². The Morgan fingerprint density at radius 3 is 2.02 bits per heavy atom. The van der Waals surface area contributed by atoms with Crippen LogP contribution in [0.15, 0.2) is 164 Å². The van der Waals surface area contributed by atoms with Gasteiger partial charge >= 0.3 is 0 Å². The van der Waals surface area contributed by atoms with E-state index in [1.165, 1.54) is 37.2 Å². The van der Waals surface area contributed by atoms with Crippen LogP contribution < -0.4 is 0 Å². The van der Waals surface area contributed by atoms with Crippen molar-refractivity contribution in [3.05, 3.63) is 192 Å². The highest BCUT2D eigenvalue weighted by Crippen LogP contribution is 2.50. The molecule has 51 heavy (non-hydrogen) atoms. The van der Waals surface area contributed by atoms with E-state index in [9.17, 15) is 5.26 Å². The normalized spacial score (nSPS) is 14.0. The quantitative estimate of drug-likeness (QED) is 0.165. The van der Waals surface area contributed by atoms with Crippen molar-refractivity contribution in [3.63, 3.8) is 0 Å². The second-order valence-corrected chi connectivity index (χ2v) is 14.3. The van der Waals surface area contributed by atoms with Crippen LogP contribution in [0.2, 0.25) is 0 Å². The molecule has 0 atom stereocenters. The number of allylic oxidation sites excluding steroid dienone is 6. The summed E-state index contributed by atoms with van der Waals surface area (Å²) in [4.78, 5) is 6.13. The summed E-state index contributed by atoms with van der Waals surface area (Å²) in [6.07, 6.45) is 11.2. The summed E-state index contributed by atoms with van der Waals surface area (Å²) >= 11 is 1.79. The highest BCUT2D eigenvalue weighted by molar-refractivity contribution is 7.25. The highest BCUT2D eigenvalue weighted by atomic mass is 32.1. The number of fused-ring (bicyclic) bond motifs is 8. The van der Waals surface area contributed by atoms with Crippen LogP contribution in [-0.4, -0.2) is 9.38 Å². The highest BCUT2D eigenvalue weighted by Gasteiger charge is 2.37. The zero-order chi connectivity index (χ0) is 34.5. The molecule has 3 nitrogen and oxygen atoms in total. The Kier molecular flexibility index (Phi) is 7.38. The SMILES string of the molecule is C\C=C(/C=C\C(=C\C1(C)c2ccccc2-c2ccccc21)c1ccc(C#N)cc1)c1ccc(-c2ccc3nc4c5ccccc5sc4n3c2)cc1. The number of hydrogen-bond donors (Lipinski definition) is 0. The molecule has 0 saturated heterocycles. The molecule has 1 aliphatic rings. The third-order valence-electron chi connectivity index (χ3n) is 10.3. The average Bonchev–Trinajstić information content (AvgIpc) is 3.81. The lowest BCUT2D eigenvalue weighted by Crippen LogP contribution is -2.18. The molecule has 1 aliphatic carbocycles. The van der Waals surface area contributed by atoms with Gasteiger partial charge in [0.15, 0.2) is 0 Å². The molecule has 0 fully saturated rings. The Morgan fingerprint density at radius 1 is 0.706 bits per heavy atom. The van der Waals surface area contributed by atoms with Gasteiger partial charge in [-0.2, -0.15) is 5.26 Å². The maximum Gasteiger partial charge on any atom is 0.138 e. The fraction of sp³-hybridized carbons (Fsp3) is 0.0638. The van der Waals surface area contributed by atoms with E-state index in [0.717, 1.165) is 44.6 Å². The first-order valence-corrected chi connectivity index (χ1v) is 18.0. The predicted octanol–water partition coefficient (Wildman–Crippen LogP) is 12.3. The van der Waals surface area contributed by atoms with Crippen LogP contribution in [0.3, 0.4) is 0 Å². The lowest BCUT2D eigenvalue weighted by Gasteiger charge is -2.25. The molecule has 5 aromatic carbocycles. The standard InChI is InChI=1S/C47H33N3S/c1-3-32(33-21-23-35(24-22-33)37-26-27-44-49-45-40-12-6-9-15-43(40)51-46(45)50(44)30-37)20-25-36(34-18-16-31(29-48)17-19-34)28-47(2)41-13-7-4-10-38(41)39-11-5-8-14-42(39)47/h3-28,30H,1-2H3/b25-20-,32-3+,36-28-. The van der Waals surface area contributed by atoms with Crippen molar-refractivity contribution in [2.45, 2.75) is 19.3 Å². The van der Waals surface area contributed by atoms with Gasteiger partial charge in [0, 0.05) is 21.7 Å². The summed E-state index contributed by atoms with van der Waals surface area (Å²) < 4.78 is 3.48. The monoisotopic (exact) mass is 671 g/mol. The number of pyridine rings is 1. The number of imidazole rings is 1. The van der Waals surface area contributed by atoms with Crippen LogP contribution in [0.1, 0.15) is 41.7 Å². The van der Waals surface area contributed by atoms with Crippen LogP contribution in [0.4, 0.5) is 0 Å². The minimum absolute atomic E-state index is 0.323. The minimum Gasteiger partial charge on any atom is -0.290 e. The molecule has 0 bridgehead atoms. The van der Waals surface area contributed by atoms with Crippen LogP contribution in [0, 0.1) is 11.3 Å². The third kappa shape index (κ3) is 5.14. The van der Waals surface area contributed by atoms with Crippen molar-refractivity contribution >= 4 is 48.6 Å². The van der Waals surface area contributed by atoms with Gasteiger partial charge in [0.1, 0.15) is 16.0 Å². The molecule has 3 aromatic heterocycles. The van der Waals surface area contributed by atoms with Crippen LogP contribution >= 0.6 is 11.3 Å². The molecule has 0 saturated carbocycles. The number of aromatic nitrogens is 2. The molecule has 0 amide bonds. The van der Waals surface area contributed by atoms with Crippen molar-refractivity contribution in [2.24, 2.45) is 0 Å².